The fourth-order valence-electron chi connectivity index (χ4n) is 4.91. The van der Waals surface area contributed by atoms with Crippen molar-refractivity contribution in [1.29, 1.82) is 0 Å². The van der Waals surface area contributed by atoms with Gasteiger partial charge in [0.05, 0.1) is 11.8 Å². The molecule has 1 aliphatic carbocycles. The van der Waals surface area contributed by atoms with E-state index < -0.39 is 8.07 Å². The van der Waals surface area contributed by atoms with Crippen molar-refractivity contribution >= 4 is 19.6 Å². The summed E-state index contributed by atoms with van der Waals surface area (Å²) in [5, 5.41) is 0. The molecule has 2 aliphatic rings. The average molecular weight is 484 g/mol. The van der Waals surface area contributed by atoms with E-state index in [1.54, 1.807) is 0 Å². The lowest BCUT2D eigenvalue weighted by atomic mass is 9.94. The van der Waals surface area contributed by atoms with Crippen LogP contribution in [0.1, 0.15) is 51.2 Å². The van der Waals surface area contributed by atoms with E-state index in [0.29, 0.717) is 13.2 Å². The van der Waals surface area contributed by atoms with Gasteiger partial charge in [-0.15, -0.1) is 0 Å². The summed E-state index contributed by atoms with van der Waals surface area (Å²) in [6, 6.07) is 21.9. The number of Topliss-reactive ketones (excluding diaryl/α,β-unsaturated/α-hetero) is 1. The van der Waals surface area contributed by atoms with E-state index in [4.69, 9.17) is 9.73 Å². The van der Waals surface area contributed by atoms with E-state index in [9.17, 15) is 4.79 Å². The molecule has 0 spiro atoms. The Morgan fingerprint density at radius 2 is 1.74 bits per heavy atom. The molecule has 2 heterocycles. The SMILES string of the molecule is C[Si](C)(C)CCOCN1C(c2ccccc2)N=C(c2ccncc2)C1c1ccc2c(c1)CCC2=O. The van der Waals surface area contributed by atoms with Crippen molar-refractivity contribution in [1.82, 2.24) is 9.88 Å². The molecule has 2 atom stereocenters. The van der Waals surface area contributed by atoms with E-state index in [2.05, 4.69) is 65.9 Å². The number of carbonyl (C=O) groups excluding carboxylic acids is 1. The van der Waals surface area contributed by atoms with E-state index in [0.717, 1.165) is 52.6 Å². The van der Waals surface area contributed by atoms with Crippen molar-refractivity contribution in [3.05, 3.63) is 101 Å². The number of ether oxygens (including phenoxy) is 1. The van der Waals surface area contributed by atoms with Gasteiger partial charge < -0.3 is 4.74 Å². The normalized spacial score (nSPS) is 20.2. The lowest BCUT2D eigenvalue weighted by molar-refractivity contribution is 0.00697. The lowest BCUT2D eigenvalue weighted by Crippen LogP contribution is -2.33. The molecule has 0 amide bonds. The van der Waals surface area contributed by atoms with Gasteiger partial charge in [0.1, 0.15) is 12.9 Å². The number of rotatable bonds is 8. The molecule has 2 aromatic carbocycles. The summed E-state index contributed by atoms with van der Waals surface area (Å²) in [6.45, 7) is 8.36. The van der Waals surface area contributed by atoms with E-state index in [-0.39, 0.29) is 18.0 Å². The molecule has 1 aromatic heterocycles. The first-order valence-corrected chi connectivity index (χ1v) is 16.1. The Hall–Kier alpha value is -2.93. The molecule has 5 nitrogen and oxygen atoms in total. The monoisotopic (exact) mass is 483 g/mol. The zero-order chi connectivity index (χ0) is 24.4. The molecule has 0 saturated heterocycles. The first-order valence-electron chi connectivity index (χ1n) is 12.4. The molecule has 0 fully saturated rings. The van der Waals surface area contributed by atoms with Crippen LogP contribution in [-0.2, 0) is 11.2 Å². The van der Waals surface area contributed by atoms with Gasteiger partial charge in [0.2, 0.25) is 0 Å². The van der Waals surface area contributed by atoms with Gasteiger partial charge in [-0.25, -0.2) is 4.90 Å². The smallest absolute Gasteiger partial charge is 0.163 e. The van der Waals surface area contributed by atoms with Crippen molar-refractivity contribution in [2.24, 2.45) is 4.99 Å². The number of hydrogen-bond acceptors (Lipinski definition) is 5. The van der Waals surface area contributed by atoms with Crippen LogP contribution in [0.15, 0.2) is 78.0 Å². The third-order valence-electron chi connectivity index (χ3n) is 6.84. The first-order chi connectivity index (χ1) is 16.9. The van der Waals surface area contributed by atoms with Crippen LogP contribution in [0.25, 0.3) is 0 Å². The highest BCUT2D eigenvalue weighted by Crippen LogP contribution is 2.41. The van der Waals surface area contributed by atoms with Crippen molar-refractivity contribution in [2.75, 3.05) is 13.3 Å². The van der Waals surface area contributed by atoms with Crippen LogP contribution in [0, 0.1) is 0 Å². The number of aryl methyl sites for hydroxylation is 1. The Morgan fingerprint density at radius 3 is 2.49 bits per heavy atom. The Morgan fingerprint density at radius 1 is 0.971 bits per heavy atom. The maximum Gasteiger partial charge on any atom is 0.163 e. The predicted molar refractivity (Wildman–Crippen MR) is 143 cm³/mol. The minimum absolute atomic E-state index is 0.0736. The van der Waals surface area contributed by atoms with Crippen LogP contribution in [-0.4, -0.2) is 42.8 Å². The summed E-state index contributed by atoms with van der Waals surface area (Å²) in [4.78, 5) is 24.1. The zero-order valence-corrected chi connectivity index (χ0v) is 21.8. The maximum absolute atomic E-state index is 12.3. The second-order valence-corrected chi connectivity index (χ2v) is 16.3. The topological polar surface area (TPSA) is 54.8 Å². The number of fused-ring (bicyclic) bond motifs is 1. The highest BCUT2D eigenvalue weighted by Gasteiger charge is 2.39. The van der Waals surface area contributed by atoms with Crippen LogP contribution >= 0.6 is 0 Å². The standard InChI is InChI=1S/C29H33N3O2Si/c1-35(2,3)18-17-34-20-32-28(24-9-11-25-23(19-24)10-12-26(25)33)27(21-13-15-30-16-14-21)31-29(32)22-7-5-4-6-8-22/h4-9,11,13-16,19,28-29H,10,12,17-18,20H2,1-3H3. The second kappa shape index (κ2) is 9.97. The number of aliphatic imine (C=N–C) groups is 1. The molecular weight excluding hydrogens is 450 g/mol. The van der Waals surface area contributed by atoms with Gasteiger partial charge in [0.25, 0.3) is 0 Å². The minimum Gasteiger partial charge on any atom is -0.366 e. The molecule has 2 unspecified atom stereocenters. The third kappa shape index (κ3) is 5.20. The van der Waals surface area contributed by atoms with Gasteiger partial charge in [-0.3, -0.25) is 14.8 Å². The molecule has 0 bridgehead atoms. The Bertz CT molecular complexity index is 1220. The fourth-order valence-corrected chi connectivity index (χ4v) is 5.67. The number of aromatic nitrogens is 1. The number of ketones is 1. The quantitative estimate of drug-likeness (QED) is 0.288. The van der Waals surface area contributed by atoms with Crippen LogP contribution < -0.4 is 0 Å². The van der Waals surface area contributed by atoms with Crippen molar-refractivity contribution in [3.8, 4) is 0 Å². The molecule has 35 heavy (non-hydrogen) atoms. The number of carbonyl (C=O) groups is 1. The van der Waals surface area contributed by atoms with Crippen molar-refractivity contribution in [3.63, 3.8) is 0 Å². The first kappa shape index (κ1) is 23.8. The van der Waals surface area contributed by atoms with Crippen LogP contribution in [0.5, 0.6) is 0 Å². The molecule has 0 radical (unpaired) electrons. The highest BCUT2D eigenvalue weighted by molar-refractivity contribution is 6.76. The van der Waals surface area contributed by atoms with Crippen molar-refractivity contribution in [2.45, 2.75) is 50.7 Å². The van der Waals surface area contributed by atoms with Gasteiger partial charge in [-0.05, 0) is 41.3 Å². The van der Waals surface area contributed by atoms with E-state index in [1.165, 1.54) is 0 Å². The van der Waals surface area contributed by atoms with Crippen molar-refractivity contribution < 1.29 is 9.53 Å². The molecule has 0 N–H and O–H groups in total. The molecule has 0 saturated carbocycles. The van der Waals surface area contributed by atoms with Gasteiger partial charge >= 0.3 is 0 Å². The minimum atomic E-state index is -1.19. The second-order valence-electron chi connectivity index (χ2n) is 10.6. The van der Waals surface area contributed by atoms with Gasteiger partial charge in [0.15, 0.2) is 5.78 Å². The van der Waals surface area contributed by atoms with Gasteiger partial charge in [-0.1, -0.05) is 68.2 Å². The summed E-state index contributed by atoms with van der Waals surface area (Å²) in [7, 11) is -1.19. The van der Waals surface area contributed by atoms with Crippen LogP contribution in [0.2, 0.25) is 25.7 Å². The summed E-state index contributed by atoms with van der Waals surface area (Å²) < 4.78 is 6.31. The number of nitrogens with zero attached hydrogens (tertiary/aromatic N) is 3. The Balaban J connectivity index is 1.55. The Labute approximate surface area is 208 Å². The zero-order valence-electron chi connectivity index (χ0n) is 20.8. The molecule has 6 heteroatoms. The average Bonchev–Trinajstić information content (AvgIpc) is 3.43. The molecule has 1 aliphatic heterocycles. The van der Waals surface area contributed by atoms with E-state index >= 15 is 0 Å². The largest absolute Gasteiger partial charge is 0.366 e. The van der Waals surface area contributed by atoms with E-state index in [1.807, 2.05) is 36.7 Å². The number of benzene rings is 2. The molecular formula is C29H33N3O2Si. The van der Waals surface area contributed by atoms with Gasteiger partial charge in [-0.2, -0.15) is 0 Å². The maximum atomic E-state index is 12.3. The lowest BCUT2D eigenvalue weighted by Gasteiger charge is -2.31. The number of pyridine rings is 1. The Kier molecular flexibility index (Phi) is 6.78. The number of hydrogen-bond donors (Lipinski definition) is 0. The van der Waals surface area contributed by atoms with Gasteiger partial charge in [0, 0.05) is 44.6 Å². The summed E-state index contributed by atoms with van der Waals surface area (Å²) in [5.41, 5.74) is 6.38. The third-order valence-corrected chi connectivity index (χ3v) is 8.55. The summed E-state index contributed by atoms with van der Waals surface area (Å²) in [6.07, 6.45) is 4.91. The fraction of sp³-hybridized carbons (Fsp3) is 0.345. The molecule has 5 rings (SSSR count). The highest BCUT2D eigenvalue weighted by atomic mass is 28.3. The van der Waals surface area contributed by atoms with Crippen LogP contribution in [0.4, 0.5) is 0 Å². The summed E-state index contributed by atoms with van der Waals surface area (Å²) >= 11 is 0. The van der Waals surface area contributed by atoms with Crippen LogP contribution in [0.3, 0.4) is 0 Å². The summed E-state index contributed by atoms with van der Waals surface area (Å²) in [5.74, 6) is 0.245. The molecule has 3 aromatic rings. The predicted octanol–water partition coefficient (Wildman–Crippen LogP) is 6.07. The molecule has 180 valence electrons.